The van der Waals surface area contributed by atoms with Gasteiger partial charge in [-0.1, -0.05) is 48.4 Å². The smallest absolute Gasteiger partial charge is 0.369 e. The van der Waals surface area contributed by atoms with Crippen LogP contribution in [0.4, 0.5) is 18.9 Å². The van der Waals surface area contributed by atoms with Gasteiger partial charge >= 0.3 is 6.18 Å². The lowest BCUT2D eigenvalue weighted by molar-refractivity contribution is -0.141. The highest BCUT2D eigenvalue weighted by Crippen LogP contribution is 2.43. The predicted octanol–water partition coefficient (Wildman–Crippen LogP) is 6.93. The zero-order valence-electron chi connectivity index (χ0n) is 23.0. The summed E-state index contributed by atoms with van der Waals surface area (Å²) in [5, 5.41) is 9.30. The number of nitrogens with one attached hydrogen (secondary N) is 1. The van der Waals surface area contributed by atoms with Crippen molar-refractivity contribution in [2.45, 2.75) is 43.9 Å². The van der Waals surface area contributed by atoms with E-state index >= 15 is 0 Å². The fraction of sp³-hybridized carbons (Fsp3) is 0.323. The average molecular weight is 578 g/mol. The second kappa shape index (κ2) is 12.2. The van der Waals surface area contributed by atoms with Crippen LogP contribution in [0, 0.1) is 10.8 Å². The van der Waals surface area contributed by atoms with E-state index < -0.39 is 23.4 Å². The number of rotatable bonds is 12. The number of benzene rings is 2. The van der Waals surface area contributed by atoms with Crippen LogP contribution in [-0.2, 0) is 22.9 Å². The molecule has 0 aliphatic heterocycles. The van der Waals surface area contributed by atoms with E-state index in [4.69, 9.17) is 4.74 Å². The largest absolute Gasteiger partial charge is 0.435 e. The molecule has 1 aliphatic rings. The Morgan fingerprint density at radius 1 is 1.07 bits per heavy atom. The monoisotopic (exact) mass is 577 g/mol. The number of carbonyl (C=O) groups is 1. The van der Waals surface area contributed by atoms with E-state index in [0.29, 0.717) is 30.0 Å². The lowest BCUT2D eigenvalue weighted by atomic mass is 9.82. The quantitative estimate of drug-likeness (QED) is 0.184. The van der Waals surface area contributed by atoms with Gasteiger partial charge in [-0.3, -0.25) is 9.78 Å². The first-order chi connectivity index (χ1) is 20.2. The molecule has 0 saturated heterocycles. The third-order valence-corrected chi connectivity index (χ3v) is 7.54. The summed E-state index contributed by atoms with van der Waals surface area (Å²) < 4.78 is 48.2. The van der Waals surface area contributed by atoms with Crippen molar-refractivity contribution in [3.8, 4) is 5.69 Å². The molecule has 11 heteroatoms. The van der Waals surface area contributed by atoms with Crippen molar-refractivity contribution >= 4 is 11.6 Å². The number of alkyl halides is 3. The number of methoxy groups -OCH3 is 1. The van der Waals surface area contributed by atoms with Gasteiger partial charge in [-0.25, -0.2) is 4.68 Å². The van der Waals surface area contributed by atoms with Gasteiger partial charge in [-0.15, -0.1) is 0 Å². The fourth-order valence-corrected chi connectivity index (χ4v) is 5.15. The van der Waals surface area contributed by atoms with Crippen molar-refractivity contribution in [3.63, 3.8) is 0 Å². The van der Waals surface area contributed by atoms with Gasteiger partial charge in [0.2, 0.25) is 0 Å². The molecule has 5 rings (SSSR count). The molecule has 1 unspecified atom stereocenters. The van der Waals surface area contributed by atoms with E-state index in [-0.39, 0.29) is 17.9 Å². The van der Waals surface area contributed by atoms with Gasteiger partial charge in [0.1, 0.15) is 11.3 Å². The molecule has 0 bridgehead atoms. The minimum atomic E-state index is -4.76. The van der Waals surface area contributed by atoms with Gasteiger partial charge < -0.3 is 10.1 Å². The summed E-state index contributed by atoms with van der Waals surface area (Å²) in [6.07, 6.45) is 3.03. The van der Waals surface area contributed by atoms with E-state index in [9.17, 15) is 22.9 Å². The molecule has 1 N–H and O–H groups in total. The Bertz CT molecular complexity index is 1550. The SMILES string of the molecule is COC(CCC1CC1)(c1cccnc1)c1cccc(NC(=O)c2cc(C(F)(F)F)nn2-c2cccc(CCN=O)c2)c1. The van der Waals surface area contributed by atoms with E-state index in [2.05, 4.69) is 20.6 Å². The molecule has 0 radical (unpaired) electrons. The molecule has 8 nitrogen and oxygen atoms in total. The number of halogens is 3. The molecule has 2 aromatic carbocycles. The summed E-state index contributed by atoms with van der Waals surface area (Å²) in [5.74, 6) is -0.118. The third kappa shape index (κ3) is 6.41. The number of nitrogens with zero attached hydrogens (tertiary/aromatic N) is 4. The first-order valence-electron chi connectivity index (χ1n) is 13.7. The number of hydrogen-bond acceptors (Lipinski definition) is 6. The number of nitroso groups, excluding NO2 is 1. The molecular weight excluding hydrogens is 547 g/mol. The first-order valence-corrected chi connectivity index (χ1v) is 13.7. The Kier molecular flexibility index (Phi) is 8.49. The second-order valence-electron chi connectivity index (χ2n) is 10.4. The summed E-state index contributed by atoms with van der Waals surface area (Å²) in [5.41, 5.74) is 0.664. The minimum absolute atomic E-state index is 0.0166. The lowest BCUT2D eigenvalue weighted by Gasteiger charge is -2.34. The zero-order chi connectivity index (χ0) is 29.7. The molecule has 1 atom stereocenters. The Morgan fingerprint density at radius 2 is 1.86 bits per heavy atom. The minimum Gasteiger partial charge on any atom is -0.369 e. The highest BCUT2D eigenvalue weighted by Gasteiger charge is 2.38. The van der Waals surface area contributed by atoms with Crippen LogP contribution in [0.5, 0.6) is 0 Å². The molecule has 2 heterocycles. The fourth-order valence-electron chi connectivity index (χ4n) is 5.15. The molecule has 42 heavy (non-hydrogen) atoms. The average Bonchev–Trinajstić information content (AvgIpc) is 3.71. The Labute approximate surface area is 240 Å². The van der Waals surface area contributed by atoms with Gasteiger partial charge in [0.05, 0.1) is 12.2 Å². The maximum absolute atomic E-state index is 13.7. The normalized spacial score (nSPS) is 14.8. The number of ether oxygens (including phenoxy) is 1. The molecule has 1 saturated carbocycles. The van der Waals surface area contributed by atoms with Crippen molar-refractivity contribution in [2.75, 3.05) is 19.0 Å². The van der Waals surface area contributed by atoms with Crippen LogP contribution in [-0.4, -0.2) is 34.3 Å². The Balaban J connectivity index is 1.48. The van der Waals surface area contributed by atoms with E-state index in [1.807, 2.05) is 18.2 Å². The topological polar surface area (TPSA) is 98.5 Å². The van der Waals surface area contributed by atoms with Gasteiger partial charge in [0.25, 0.3) is 5.91 Å². The zero-order valence-corrected chi connectivity index (χ0v) is 23.0. The van der Waals surface area contributed by atoms with Gasteiger partial charge in [0, 0.05) is 36.8 Å². The summed E-state index contributed by atoms with van der Waals surface area (Å²) in [7, 11) is 1.64. The van der Waals surface area contributed by atoms with Crippen LogP contribution in [0.1, 0.15) is 58.6 Å². The predicted molar refractivity (Wildman–Crippen MR) is 151 cm³/mol. The molecule has 1 aliphatic carbocycles. The van der Waals surface area contributed by atoms with Crippen molar-refractivity contribution in [1.29, 1.82) is 0 Å². The standard InChI is InChI=1S/C31H30F3N5O3/c1-42-30(14-12-21-10-11-21,24-7-4-15-35-20-24)23-6-3-8-25(18-23)37-29(40)27-19-28(31(32,33)34)38-39(27)26-9-2-5-22(17-26)13-16-36-41/h2-9,15,17-21H,10-14,16H2,1H3,(H,37,40). The summed E-state index contributed by atoms with van der Waals surface area (Å²) in [4.78, 5) is 28.3. The van der Waals surface area contributed by atoms with Gasteiger partial charge in [-0.2, -0.15) is 23.2 Å². The Morgan fingerprint density at radius 3 is 2.55 bits per heavy atom. The van der Waals surface area contributed by atoms with Crippen LogP contribution in [0.3, 0.4) is 0 Å². The van der Waals surface area contributed by atoms with Crippen molar-refractivity contribution in [1.82, 2.24) is 14.8 Å². The molecule has 1 fully saturated rings. The summed E-state index contributed by atoms with van der Waals surface area (Å²) in [6.45, 7) is 0.0166. The second-order valence-corrected chi connectivity index (χ2v) is 10.4. The van der Waals surface area contributed by atoms with Crippen LogP contribution < -0.4 is 5.32 Å². The highest BCUT2D eigenvalue weighted by molar-refractivity contribution is 6.03. The van der Waals surface area contributed by atoms with Crippen LogP contribution in [0.25, 0.3) is 5.69 Å². The van der Waals surface area contributed by atoms with E-state index in [1.165, 1.54) is 12.8 Å². The van der Waals surface area contributed by atoms with Crippen LogP contribution >= 0.6 is 0 Å². The highest BCUT2D eigenvalue weighted by atomic mass is 19.4. The molecule has 218 valence electrons. The molecule has 1 amide bonds. The number of anilines is 1. The van der Waals surface area contributed by atoms with E-state index in [1.54, 1.807) is 62.0 Å². The summed E-state index contributed by atoms with van der Waals surface area (Å²) in [6, 6.07) is 18.1. The van der Waals surface area contributed by atoms with Crippen LogP contribution in [0.2, 0.25) is 0 Å². The molecular formula is C31H30F3N5O3. The van der Waals surface area contributed by atoms with E-state index in [0.717, 1.165) is 28.3 Å². The maximum atomic E-state index is 13.7. The van der Waals surface area contributed by atoms with Crippen molar-refractivity contribution in [2.24, 2.45) is 11.1 Å². The third-order valence-electron chi connectivity index (χ3n) is 7.54. The Hall–Kier alpha value is -4.38. The number of aromatic nitrogens is 3. The lowest BCUT2D eigenvalue weighted by Crippen LogP contribution is -2.30. The summed E-state index contributed by atoms with van der Waals surface area (Å²) >= 11 is 0. The van der Waals surface area contributed by atoms with Crippen molar-refractivity contribution < 1.29 is 22.7 Å². The molecule has 4 aromatic rings. The number of amides is 1. The number of pyridine rings is 1. The number of hydrogen-bond donors (Lipinski definition) is 1. The molecule has 2 aromatic heterocycles. The van der Waals surface area contributed by atoms with Crippen molar-refractivity contribution in [3.05, 3.63) is 112 Å². The van der Waals surface area contributed by atoms with Gasteiger partial charge in [-0.05, 0) is 66.6 Å². The maximum Gasteiger partial charge on any atom is 0.435 e. The van der Waals surface area contributed by atoms with Crippen LogP contribution in [0.15, 0.2) is 84.3 Å². The molecule has 0 spiro atoms. The first kappa shape index (κ1) is 29.1. The number of carbonyl (C=O) groups excluding carboxylic acids is 1. The van der Waals surface area contributed by atoms with Gasteiger partial charge in [0.15, 0.2) is 5.69 Å².